The normalized spacial score (nSPS) is 14.6. The summed E-state index contributed by atoms with van der Waals surface area (Å²) < 4.78 is 15.0. The lowest BCUT2D eigenvalue weighted by Crippen LogP contribution is -2.33. The SMILES string of the molecule is CCN1CCn2cc(C(=O)NCc3ccc(F)cc3Cl)nc2C1. The molecule has 7 heteroatoms. The Bertz CT molecular complexity index is 731. The molecular weight excluding hydrogens is 319 g/mol. The number of amides is 1. The molecule has 1 aromatic heterocycles. The lowest BCUT2D eigenvalue weighted by molar-refractivity contribution is 0.0946. The Hall–Kier alpha value is -1.92. The summed E-state index contributed by atoms with van der Waals surface area (Å²) in [5, 5.41) is 3.07. The number of carbonyl (C=O) groups excluding carboxylic acids is 1. The second-order valence-corrected chi connectivity index (χ2v) is 5.93. The fourth-order valence-corrected chi connectivity index (χ4v) is 2.85. The summed E-state index contributed by atoms with van der Waals surface area (Å²) in [4.78, 5) is 18.9. The second-order valence-electron chi connectivity index (χ2n) is 5.52. The third-order valence-corrected chi connectivity index (χ3v) is 4.37. The highest BCUT2D eigenvalue weighted by molar-refractivity contribution is 6.31. The molecule has 1 aromatic carbocycles. The van der Waals surface area contributed by atoms with Crippen molar-refractivity contribution < 1.29 is 9.18 Å². The van der Waals surface area contributed by atoms with Crippen molar-refractivity contribution in [1.82, 2.24) is 19.8 Å². The van der Waals surface area contributed by atoms with Crippen LogP contribution in [-0.4, -0.2) is 33.4 Å². The second kappa shape index (κ2) is 6.68. The number of nitrogens with one attached hydrogen (secondary N) is 1. The third-order valence-electron chi connectivity index (χ3n) is 4.02. The van der Waals surface area contributed by atoms with Crippen molar-refractivity contribution in [2.75, 3.05) is 13.1 Å². The summed E-state index contributed by atoms with van der Waals surface area (Å²) in [5.74, 6) is 0.255. The Labute approximate surface area is 139 Å². The van der Waals surface area contributed by atoms with Gasteiger partial charge in [0.25, 0.3) is 5.91 Å². The first-order valence-electron chi connectivity index (χ1n) is 7.57. The number of rotatable bonds is 4. The smallest absolute Gasteiger partial charge is 0.271 e. The van der Waals surface area contributed by atoms with E-state index in [0.717, 1.165) is 32.0 Å². The molecule has 0 spiro atoms. The molecule has 122 valence electrons. The number of hydrogen-bond acceptors (Lipinski definition) is 3. The number of aromatic nitrogens is 2. The molecule has 0 radical (unpaired) electrons. The maximum Gasteiger partial charge on any atom is 0.271 e. The summed E-state index contributed by atoms with van der Waals surface area (Å²) in [6.45, 7) is 5.88. The number of benzene rings is 1. The van der Waals surface area contributed by atoms with Gasteiger partial charge in [0.2, 0.25) is 0 Å². The highest BCUT2D eigenvalue weighted by atomic mass is 35.5. The van der Waals surface area contributed by atoms with Gasteiger partial charge in [0.1, 0.15) is 17.3 Å². The Morgan fingerprint density at radius 1 is 1.43 bits per heavy atom. The summed E-state index contributed by atoms with van der Waals surface area (Å²) in [5.41, 5.74) is 1.07. The van der Waals surface area contributed by atoms with Gasteiger partial charge in [0, 0.05) is 30.9 Å². The van der Waals surface area contributed by atoms with E-state index in [9.17, 15) is 9.18 Å². The molecular formula is C16H18ClFN4O. The van der Waals surface area contributed by atoms with Crippen LogP contribution in [0.2, 0.25) is 5.02 Å². The van der Waals surface area contributed by atoms with Gasteiger partial charge in [-0.3, -0.25) is 9.69 Å². The van der Waals surface area contributed by atoms with Crippen LogP contribution in [0.5, 0.6) is 0 Å². The van der Waals surface area contributed by atoms with Crippen LogP contribution in [0, 0.1) is 5.82 Å². The highest BCUT2D eigenvalue weighted by Crippen LogP contribution is 2.17. The predicted octanol–water partition coefficient (Wildman–Crippen LogP) is 2.44. The van der Waals surface area contributed by atoms with E-state index in [1.165, 1.54) is 12.1 Å². The molecule has 1 amide bonds. The summed E-state index contributed by atoms with van der Waals surface area (Å²) in [7, 11) is 0. The maximum absolute atomic E-state index is 13.0. The molecule has 0 fully saturated rings. The van der Waals surface area contributed by atoms with Crippen LogP contribution in [0.3, 0.4) is 0 Å². The summed E-state index contributed by atoms with van der Waals surface area (Å²) in [6.07, 6.45) is 1.78. The summed E-state index contributed by atoms with van der Waals surface area (Å²) >= 11 is 5.96. The number of halogens is 2. The van der Waals surface area contributed by atoms with Gasteiger partial charge < -0.3 is 9.88 Å². The molecule has 1 aliphatic rings. The zero-order valence-electron chi connectivity index (χ0n) is 12.9. The number of fused-ring (bicyclic) bond motifs is 1. The molecule has 0 unspecified atom stereocenters. The van der Waals surface area contributed by atoms with E-state index in [0.29, 0.717) is 16.3 Å². The molecule has 0 atom stereocenters. The van der Waals surface area contributed by atoms with E-state index < -0.39 is 5.82 Å². The molecule has 5 nitrogen and oxygen atoms in total. The first-order valence-corrected chi connectivity index (χ1v) is 7.95. The standard InChI is InChI=1S/C16H18ClFN4O/c1-2-21-5-6-22-9-14(20-15(22)10-21)16(23)19-8-11-3-4-12(18)7-13(11)17/h3-4,7,9H,2,5-6,8,10H2,1H3,(H,19,23). The van der Waals surface area contributed by atoms with Crippen molar-refractivity contribution in [3.05, 3.63) is 52.3 Å². The number of hydrogen-bond donors (Lipinski definition) is 1. The van der Waals surface area contributed by atoms with Gasteiger partial charge in [0.15, 0.2) is 0 Å². The molecule has 0 bridgehead atoms. The van der Waals surface area contributed by atoms with E-state index in [2.05, 4.69) is 22.1 Å². The number of nitrogens with zero attached hydrogens (tertiary/aromatic N) is 3. The van der Waals surface area contributed by atoms with Gasteiger partial charge >= 0.3 is 0 Å². The van der Waals surface area contributed by atoms with Gasteiger partial charge in [-0.05, 0) is 24.2 Å². The van der Waals surface area contributed by atoms with Gasteiger partial charge in [-0.1, -0.05) is 24.6 Å². The van der Waals surface area contributed by atoms with Crippen molar-refractivity contribution in [2.45, 2.75) is 26.6 Å². The first-order chi connectivity index (χ1) is 11.1. The molecule has 1 aliphatic heterocycles. The Kier molecular flexibility index (Phi) is 4.63. The minimum Gasteiger partial charge on any atom is -0.347 e. The van der Waals surface area contributed by atoms with Crippen LogP contribution in [0.4, 0.5) is 4.39 Å². The van der Waals surface area contributed by atoms with Crippen LogP contribution in [0.1, 0.15) is 28.8 Å². The molecule has 3 rings (SSSR count). The molecule has 0 aliphatic carbocycles. The highest BCUT2D eigenvalue weighted by Gasteiger charge is 2.20. The van der Waals surface area contributed by atoms with E-state index in [1.807, 2.05) is 4.57 Å². The molecule has 0 saturated heterocycles. The van der Waals surface area contributed by atoms with E-state index in [4.69, 9.17) is 11.6 Å². The van der Waals surface area contributed by atoms with Crippen molar-refractivity contribution in [2.24, 2.45) is 0 Å². The largest absolute Gasteiger partial charge is 0.347 e. The molecule has 23 heavy (non-hydrogen) atoms. The lowest BCUT2D eigenvalue weighted by atomic mass is 10.2. The number of carbonyl (C=O) groups is 1. The average Bonchev–Trinajstić information content (AvgIpc) is 2.96. The number of imidazole rings is 1. The lowest BCUT2D eigenvalue weighted by Gasteiger charge is -2.25. The molecule has 2 aromatic rings. The van der Waals surface area contributed by atoms with Crippen molar-refractivity contribution in [1.29, 1.82) is 0 Å². The minimum atomic E-state index is -0.396. The van der Waals surface area contributed by atoms with Crippen LogP contribution < -0.4 is 5.32 Å². The number of likely N-dealkylation sites (N-methyl/N-ethyl adjacent to an activating group) is 1. The van der Waals surface area contributed by atoms with Crippen LogP contribution in [-0.2, 0) is 19.6 Å². The van der Waals surface area contributed by atoms with Gasteiger partial charge in [-0.15, -0.1) is 0 Å². The maximum atomic E-state index is 13.0. The fraction of sp³-hybridized carbons (Fsp3) is 0.375. The van der Waals surface area contributed by atoms with Crippen LogP contribution >= 0.6 is 11.6 Å². The first kappa shape index (κ1) is 16.0. The van der Waals surface area contributed by atoms with Crippen molar-refractivity contribution in [3.63, 3.8) is 0 Å². The quantitative estimate of drug-likeness (QED) is 0.933. The topological polar surface area (TPSA) is 50.2 Å². The van der Waals surface area contributed by atoms with E-state index >= 15 is 0 Å². The minimum absolute atomic E-state index is 0.237. The molecule has 2 heterocycles. The Morgan fingerprint density at radius 3 is 3.00 bits per heavy atom. The van der Waals surface area contributed by atoms with Crippen LogP contribution in [0.15, 0.2) is 24.4 Å². The Balaban J connectivity index is 1.66. The molecule has 1 N–H and O–H groups in total. The monoisotopic (exact) mass is 336 g/mol. The fourth-order valence-electron chi connectivity index (χ4n) is 2.61. The molecule has 0 saturated carbocycles. The predicted molar refractivity (Wildman–Crippen MR) is 85.8 cm³/mol. The van der Waals surface area contributed by atoms with E-state index in [-0.39, 0.29) is 12.5 Å². The van der Waals surface area contributed by atoms with Crippen molar-refractivity contribution >= 4 is 17.5 Å². The van der Waals surface area contributed by atoms with Gasteiger partial charge in [-0.2, -0.15) is 0 Å². The zero-order valence-corrected chi connectivity index (χ0v) is 13.6. The Morgan fingerprint density at radius 2 is 2.26 bits per heavy atom. The van der Waals surface area contributed by atoms with Gasteiger partial charge in [0.05, 0.1) is 6.54 Å². The van der Waals surface area contributed by atoms with Crippen molar-refractivity contribution in [3.8, 4) is 0 Å². The van der Waals surface area contributed by atoms with E-state index in [1.54, 1.807) is 12.3 Å². The average molecular weight is 337 g/mol. The third kappa shape index (κ3) is 3.54. The zero-order chi connectivity index (χ0) is 16.4. The van der Waals surface area contributed by atoms with Crippen LogP contribution in [0.25, 0.3) is 0 Å². The van der Waals surface area contributed by atoms with Gasteiger partial charge in [-0.25, -0.2) is 9.37 Å². The summed E-state index contributed by atoms with van der Waals surface area (Å²) in [6, 6.07) is 4.12.